The summed E-state index contributed by atoms with van der Waals surface area (Å²) in [6.07, 6.45) is 3.00. The molecular weight excluding hydrogens is 274 g/mol. The van der Waals surface area contributed by atoms with Gasteiger partial charge in [-0.1, -0.05) is 26.0 Å². The highest BCUT2D eigenvalue weighted by atomic mass is 19.1. The van der Waals surface area contributed by atoms with Crippen molar-refractivity contribution in [2.45, 2.75) is 19.8 Å². The van der Waals surface area contributed by atoms with Crippen molar-refractivity contribution in [1.82, 2.24) is 0 Å². The van der Waals surface area contributed by atoms with Crippen LogP contribution in [0.25, 0.3) is 12.2 Å². The van der Waals surface area contributed by atoms with Gasteiger partial charge < -0.3 is 10.2 Å². The minimum Gasteiger partial charge on any atom is -0.507 e. The van der Waals surface area contributed by atoms with Crippen molar-refractivity contribution in [2.24, 2.45) is 0 Å². The molecule has 2 nitrogen and oxygen atoms in total. The first-order valence-corrected chi connectivity index (χ1v) is 6.57. The lowest BCUT2D eigenvalue weighted by Crippen LogP contribution is -1.90. The van der Waals surface area contributed by atoms with Crippen molar-refractivity contribution in [3.63, 3.8) is 0 Å². The van der Waals surface area contributed by atoms with E-state index >= 15 is 0 Å². The molecule has 0 heterocycles. The Morgan fingerprint density at radius 3 is 2.10 bits per heavy atom. The van der Waals surface area contributed by atoms with Crippen molar-refractivity contribution in [1.29, 1.82) is 0 Å². The average molecular weight is 290 g/mol. The third kappa shape index (κ3) is 3.40. The lowest BCUT2D eigenvalue weighted by molar-refractivity contribution is 0.433. The molecule has 0 aromatic heterocycles. The molecule has 0 aliphatic carbocycles. The molecule has 0 unspecified atom stereocenters. The summed E-state index contributed by atoms with van der Waals surface area (Å²) in [5.41, 5.74) is 1.22. The third-order valence-corrected chi connectivity index (χ3v) is 3.15. The van der Waals surface area contributed by atoms with Crippen LogP contribution in [0.2, 0.25) is 0 Å². The second-order valence-corrected chi connectivity index (χ2v) is 5.13. The zero-order chi connectivity index (χ0) is 15.6. The van der Waals surface area contributed by atoms with Gasteiger partial charge in [0, 0.05) is 17.2 Å². The van der Waals surface area contributed by atoms with Crippen molar-refractivity contribution >= 4 is 12.2 Å². The molecular formula is C17H16F2O2. The molecule has 2 aromatic rings. The van der Waals surface area contributed by atoms with Crippen LogP contribution in [-0.2, 0) is 0 Å². The molecule has 2 aromatic carbocycles. The highest BCUT2D eigenvalue weighted by molar-refractivity contribution is 5.72. The molecule has 0 bridgehead atoms. The van der Waals surface area contributed by atoms with Gasteiger partial charge in [0.15, 0.2) is 0 Å². The maximum Gasteiger partial charge on any atom is 0.133 e. The van der Waals surface area contributed by atoms with Crippen LogP contribution in [0.1, 0.15) is 36.5 Å². The molecule has 0 saturated carbocycles. The van der Waals surface area contributed by atoms with E-state index in [1.54, 1.807) is 6.08 Å². The summed E-state index contributed by atoms with van der Waals surface area (Å²) in [4.78, 5) is 0. The van der Waals surface area contributed by atoms with E-state index in [4.69, 9.17) is 0 Å². The zero-order valence-corrected chi connectivity index (χ0v) is 11.8. The molecule has 21 heavy (non-hydrogen) atoms. The van der Waals surface area contributed by atoms with Crippen molar-refractivity contribution in [2.75, 3.05) is 0 Å². The van der Waals surface area contributed by atoms with Gasteiger partial charge in [-0.15, -0.1) is 0 Å². The van der Waals surface area contributed by atoms with E-state index in [9.17, 15) is 19.0 Å². The molecule has 4 heteroatoms. The molecule has 0 amide bonds. The van der Waals surface area contributed by atoms with Gasteiger partial charge in [0.25, 0.3) is 0 Å². The van der Waals surface area contributed by atoms with E-state index in [2.05, 4.69) is 0 Å². The number of phenolic OH excluding ortho intramolecular Hbond substituents is 2. The summed E-state index contributed by atoms with van der Waals surface area (Å²) in [5, 5.41) is 19.8. The molecule has 0 atom stereocenters. The van der Waals surface area contributed by atoms with E-state index in [-0.39, 0.29) is 23.0 Å². The standard InChI is InChI=1S/C17H16F2O2/c1-10(2)17-15(20)7-11(8-16(17)21)3-4-12-5-6-13(18)9-14(12)19/h3-10,20-21H,1-2H3/b4-3+. The molecule has 110 valence electrons. The van der Waals surface area contributed by atoms with Crippen molar-refractivity contribution in [3.8, 4) is 11.5 Å². The van der Waals surface area contributed by atoms with Gasteiger partial charge in [-0.05, 0) is 35.7 Å². The Labute approximate surface area is 122 Å². The number of phenols is 2. The molecule has 2 rings (SSSR count). The topological polar surface area (TPSA) is 40.5 Å². The van der Waals surface area contributed by atoms with Gasteiger partial charge >= 0.3 is 0 Å². The Morgan fingerprint density at radius 2 is 1.57 bits per heavy atom. The summed E-state index contributed by atoms with van der Waals surface area (Å²) in [7, 11) is 0. The molecule has 0 aliphatic heterocycles. The number of hydrogen-bond acceptors (Lipinski definition) is 2. The van der Waals surface area contributed by atoms with Gasteiger partial charge in [-0.25, -0.2) is 8.78 Å². The Morgan fingerprint density at radius 1 is 0.952 bits per heavy atom. The van der Waals surface area contributed by atoms with E-state index < -0.39 is 11.6 Å². The summed E-state index contributed by atoms with van der Waals surface area (Å²) >= 11 is 0. The maximum absolute atomic E-state index is 13.5. The largest absolute Gasteiger partial charge is 0.507 e. The molecule has 2 N–H and O–H groups in total. The van der Waals surface area contributed by atoms with Crippen LogP contribution in [0.3, 0.4) is 0 Å². The van der Waals surface area contributed by atoms with Gasteiger partial charge in [0.05, 0.1) is 0 Å². The minimum atomic E-state index is -0.668. The van der Waals surface area contributed by atoms with E-state index in [0.717, 1.165) is 6.07 Å². The number of rotatable bonds is 3. The summed E-state index contributed by atoms with van der Waals surface area (Å²) < 4.78 is 26.3. The predicted molar refractivity (Wildman–Crippen MR) is 79.1 cm³/mol. The molecule has 0 radical (unpaired) electrons. The maximum atomic E-state index is 13.5. The highest BCUT2D eigenvalue weighted by Gasteiger charge is 2.12. The molecule has 0 aliphatic rings. The van der Waals surface area contributed by atoms with Gasteiger partial charge in [-0.2, -0.15) is 0 Å². The van der Waals surface area contributed by atoms with E-state index in [1.807, 2.05) is 13.8 Å². The third-order valence-electron chi connectivity index (χ3n) is 3.15. The molecule has 0 fully saturated rings. The first kappa shape index (κ1) is 15.0. The molecule has 0 saturated heterocycles. The van der Waals surface area contributed by atoms with Crippen LogP contribution in [-0.4, -0.2) is 10.2 Å². The van der Waals surface area contributed by atoms with E-state index in [1.165, 1.54) is 30.3 Å². The van der Waals surface area contributed by atoms with Gasteiger partial charge in [0.1, 0.15) is 23.1 Å². The van der Waals surface area contributed by atoms with Crippen molar-refractivity contribution in [3.05, 3.63) is 58.7 Å². The average Bonchev–Trinajstić information content (AvgIpc) is 2.36. The Bertz CT molecular complexity index is 668. The second-order valence-electron chi connectivity index (χ2n) is 5.13. The lowest BCUT2D eigenvalue weighted by atomic mass is 9.98. The van der Waals surface area contributed by atoms with Crippen LogP contribution < -0.4 is 0 Å². The van der Waals surface area contributed by atoms with Crippen LogP contribution in [0.5, 0.6) is 11.5 Å². The molecule has 0 spiro atoms. The fourth-order valence-corrected chi connectivity index (χ4v) is 2.15. The number of halogens is 2. The zero-order valence-electron chi connectivity index (χ0n) is 11.8. The Balaban J connectivity index is 2.33. The SMILES string of the molecule is CC(C)c1c(O)cc(/C=C/c2ccc(F)cc2F)cc1O. The fourth-order valence-electron chi connectivity index (χ4n) is 2.15. The first-order chi connectivity index (χ1) is 9.88. The number of hydrogen-bond donors (Lipinski definition) is 2. The number of aromatic hydroxyl groups is 2. The van der Waals surface area contributed by atoms with Gasteiger partial charge in [-0.3, -0.25) is 0 Å². The second kappa shape index (κ2) is 5.95. The van der Waals surface area contributed by atoms with Crippen LogP contribution in [0.4, 0.5) is 8.78 Å². The minimum absolute atomic E-state index is 0.00997. The smallest absolute Gasteiger partial charge is 0.133 e. The Hall–Kier alpha value is -2.36. The predicted octanol–water partition coefficient (Wildman–Crippen LogP) is 4.67. The highest BCUT2D eigenvalue weighted by Crippen LogP contribution is 2.35. The number of benzene rings is 2. The van der Waals surface area contributed by atoms with Crippen LogP contribution >= 0.6 is 0 Å². The first-order valence-electron chi connectivity index (χ1n) is 6.57. The van der Waals surface area contributed by atoms with Gasteiger partial charge in [0.2, 0.25) is 0 Å². The Kier molecular flexibility index (Phi) is 4.26. The summed E-state index contributed by atoms with van der Waals surface area (Å²) in [6.45, 7) is 3.72. The normalized spacial score (nSPS) is 11.5. The summed E-state index contributed by atoms with van der Waals surface area (Å²) in [6, 6.07) is 6.28. The van der Waals surface area contributed by atoms with E-state index in [0.29, 0.717) is 11.1 Å². The van der Waals surface area contributed by atoms with Crippen molar-refractivity contribution < 1.29 is 19.0 Å². The van der Waals surface area contributed by atoms with Crippen LogP contribution in [0, 0.1) is 11.6 Å². The monoisotopic (exact) mass is 290 g/mol. The quantitative estimate of drug-likeness (QED) is 0.806. The lowest BCUT2D eigenvalue weighted by Gasteiger charge is -2.11. The van der Waals surface area contributed by atoms with Crippen LogP contribution in [0.15, 0.2) is 30.3 Å². The summed E-state index contributed by atoms with van der Waals surface area (Å²) in [5.74, 6) is -1.34. The fraction of sp³-hybridized carbons (Fsp3) is 0.176.